The van der Waals surface area contributed by atoms with Crippen LogP contribution in [0, 0.1) is 12.8 Å². The Kier molecular flexibility index (Phi) is 5.61. The topological polar surface area (TPSA) is 116 Å². The molecule has 1 aliphatic rings. The van der Waals surface area contributed by atoms with Crippen LogP contribution < -0.4 is 5.73 Å². The van der Waals surface area contributed by atoms with Gasteiger partial charge in [-0.15, -0.1) is 0 Å². The standard InChI is InChI=1S/C25H27N7O2/c1-15-10-19(11-27-23(15)26)16-4-6-17(7-5-16)22(18-8-9-18)24-29-25(34-30-24)20-12-28-32(13-20)14-21(33)31(2)3/h4-7,10-13,18,22H,8-9,14H2,1-3H3,(H2,26,27). The van der Waals surface area contributed by atoms with Crippen molar-refractivity contribution >= 4 is 11.7 Å². The van der Waals surface area contributed by atoms with Crippen LogP contribution in [0.3, 0.4) is 0 Å². The van der Waals surface area contributed by atoms with Gasteiger partial charge < -0.3 is 15.2 Å². The summed E-state index contributed by atoms with van der Waals surface area (Å²) >= 11 is 0. The summed E-state index contributed by atoms with van der Waals surface area (Å²) in [7, 11) is 3.44. The van der Waals surface area contributed by atoms with Crippen molar-refractivity contribution in [3.05, 3.63) is 65.9 Å². The fourth-order valence-corrected chi connectivity index (χ4v) is 4.01. The Hall–Kier alpha value is -4.01. The van der Waals surface area contributed by atoms with E-state index in [2.05, 4.69) is 39.5 Å². The monoisotopic (exact) mass is 457 g/mol. The van der Waals surface area contributed by atoms with E-state index in [9.17, 15) is 4.79 Å². The van der Waals surface area contributed by atoms with Gasteiger partial charge in [0.15, 0.2) is 5.82 Å². The van der Waals surface area contributed by atoms with Gasteiger partial charge in [-0.3, -0.25) is 9.48 Å². The van der Waals surface area contributed by atoms with Gasteiger partial charge in [0.05, 0.1) is 17.7 Å². The van der Waals surface area contributed by atoms with E-state index in [1.165, 1.54) is 4.90 Å². The van der Waals surface area contributed by atoms with Crippen LogP contribution in [0.15, 0.2) is 53.4 Å². The molecule has 1 amide bonds. The number of aryl methyl sites for hydroxylation is 1. The maximum atomic E-state index is 11.9. The summed E-state index contributed by atoms with van der Waals surface area (Å²) in [6, 6.07) is 10.5. The van der Waals surface area contributed by atoms with E-state index in [1.807, 2.05) is 13.0 Å². The molecule has 5 rings (SSSR count). The number of nitrogens with zero attached hydrogens (tertiary/aromatic N) is 6. The molecule has 1 unspecified atom stereocenters. The first-order valence-electron chi connectivity index (χ1n) is 11.3. The molecule has 4 aromatic rings. The molecule has 0 radical (unpaired) electrons. The minimum Gasteiger partial charge on any atom is -0.383 e. The van der Waals surface area contributed by atoms with Gasteiger partial charge in [0.1, 0.15) is 12.4 Å². The predicted octanol–water partition coefficient (Wildman–Crippen LogP) is 3.52. The molecule has 1 aromatic carbocycles. The van der Waals surface area contributed by atoms with Gasteiger partial charge in [0.2, 0.25) is 5.91 Å². The molecular weight excluding hydrogens is 430 g/mol. The van der Waals surface area contributed by atoms with Crippen LogP contribution in [0.1, 0.15) is 35.7 Å². The molecule has 0 aliphatic heterocycles. The fourth-order valence-electron chi connectivity index (χ4n) is 4.01. The summed E-state index contributed by atoms with van der Waals surface area (Å²) in [5.74, 6) is 2.16. The first kappa shape index (κ1) is 21.8. The van der Waals surface area contributed by atoms with Crippen LogP contribution in [0.5, 0.6) is 0 Å². The number of carbonyl (C=O) groups is 1. The van der Waals surface area contributed by atoms with Crippen LogP contribution >= 0.6 is 0 Å². The van der Waals surface area contributed by atoms with Gasteiger partial charge in [0, 0.05) is 32.1 Å². The van der Waals surface area contributed by atoms with Crippen molar-refractivity contribution in [1.82, 2.24) is 29.8 Å². The Morgan fingerprint density at radius 2 is 1.94 bits per heavy atom. The number of hydrogen-bond acceptors (Lipinski definition) is 7. The molecule has 2 N–H and O–H groups in total. The maximum absolute atomic E-state index is 11.9. The van der Waals surface area contributed by atoms with E-state index >= 15 is 0 Å². The van der Waals surface area contributed by atoms with Crippen molar-refractivity contribution in [3.63, 3.8) is 0 Å². The first-order valence-corrected chi connectivity index (χ1v) is 11.3. The quantitative estimate of drug-likeness (QED) is 0.451. The molecule has 0 bridgehead atoms. The number of benzene rings is 1. The van der Waals surface area contributed by atoms with E-state index < -0.39 is 0 Å². The Bertz CT molecular complexity index is 1320. The fraction of sp³-hybridized carbons (Fsp3) is 0.320. The lowest BCUT2D eigenvalue weighted by atomic mass is 9.92. The lowest BCUT2D eigenvalue weighted by Gasteiger charge is -2.13. The Labute approximate surface area is 197 Å². The lowest BCUT2D eigenvalue weighted by molar-refractivity contribution is -0.129. The molecule has 3 heterocycles. The number of amides is 1. The Balaban J connectivity index is 1.37. The molecule has 1 atom stereocenters. The number of anilines is 1. The molecule has 1 aliphatic carbocycles. The minimum absolute atomic E-state index is 0.0389. The molecule has 174 valence electrons. The van der Waals surface area contributed by atoms with Crippen molar-refractivity contribution in [2.24, 2.45) is 5.92 Å². The second kappa shape index (κ2) is 8.74. The van der Waals surface area contributed by atoms with Gasteiger partial charge in [-0.25, -0.2) is 4.98 Å². The van der Waals surface area contributed by atoms with Gasteiger partial charge in [-0.1, -0.05) is 29.4 Å². The van der Waals surface area contributed by atoms with Gasteiger partial charge in [-0.2, -0.15) is 10.1 Å². The van der Waals surface area contributed by atoms with E-state index in [1.54, 1.807) is 37.4 Å². The van der Waals surface area contributed by atoms with Gasteiger partial charge in [-0.05, 0) is 48.4 Å². The largest absolute Gasteiger partial charge is 0.383 e. The molecule has 9 nitrogen and oxygen atoms in total. The van der Waals surface area contributed by atoms with E-state index in [0.29, 0.717) is 29.0 Å². The SMILES string of the molecule is Cc1cc(-c2ccc(C(c3noc(-c4cnn(CC(=O)N(C)C)c4)n3)C3CC3)cc2)cnc1N. The highest BCUT2D eigenvalue weighted by atomic mass is 16.5. The van der Waals surface area contributed by atoms with Gasteiger partial charge in [0.25, 0.3) is 5.89 Å². The second-order valence-electron chi connectivity index (χ2n) is 9.04. The summed E-state index contributed by atoms with van der Waals surface area (Å²) in [6.07, 6.45) is 7.48. The number of nitrogens with two attached hydrogens (primary N) is 1. The van der Waals surface area contributed by atoms with Crippen molar-refractivity contribution in [2.75, 3.05) is 19.8 Å². The number of nitrogen functional groups attached to an aromatic ring is 1. The minimum atomic E-state index is -0.0389. The van der Waals surface area contributed by atoms with Crippen molar-refractivity contribution < 1.29 is 9.32 Å². The molecular formula is C25H27N7O2. The predicted molar refractivity (Wildman–Crippen MR) is 128 cm³/mol. The zero-order valence-corrected chi connectivity index (χ0v) is 19.5. The highest BCUT2D eigenvalue weighted by Gasteiger charge is 2.36. The molecule has 0 spiro atoms. The molecule has 0 saturated heterocycles. The number of aromatic nitrogens is 5. The van der Waals surface area contributed by atoms with Crippen LogP contribution in [0.4, 0.5) is 5.82 Å². The third kappa shape index (κ3) is 4.41. The Morgan fingerprint density at radius 1 is 1.18 bits per heavy atom. The number of pyridine rings is 1. The summed E-state index contributed by atoms with van der Waals surface area (Å²) in [5.41, 5.74) is 10.8. The molecule has 3 aromatic heterocycles. The highest BCUT2D eigenvalue weighted by Crippen LogP contribution is 2.46. The summed E-state index contributed by atoms with van der Waals surface area (Å²) in [6.45, 7) is 2.12. The van der Waals surface area contributed by atoms with E-state index in [0.717, 1.165) is 35.1 Å². The second-order valence-corrected chi connectivity index (χ2v) is 9.04. The Morgan fingerprint density at radius 3 is 2.62 bits per heavy atom. The summed E-state index contributed by atoms with van der Waals surface area (Å²) < 4.78 is 7.16. The lowest BCUT2D eigenvalue weighted by Crippen LogP contribution is -2.26. The zero-order chi connectivity index (χ0) is 23.8. The molecule has 1 fully saturated rings. The van der Waals surface area contributed by atoms with Crippen LogP contribution in [-0.4, -0.2) is 49.8 Å². The summed E-state index contributed by atoms with van der Waals surface area (Å²) in [5, 5.41) is 8.56. The number of hydrogen-bond donors (Lipinski definition) is 1. The van der Waals surface area contributed by atoms with Crippen LogP contribution in [0.2, 0.25) is 0 Å². The van der Waals surface area contributed by atoms with Crippen molar-refractivity contribution in [3.8, 4) is 22.6 Å². The zero-order valence-electron chi connectivity index (χ0n) is 19.5. The maximum Gasteiger partial charge on any atom is 0.261 e. The van der Waals surface area contributed by atoms with E-state index in [4.69, 9.17) is 15.2 Å². The van der Waals surface area contributed by atoms with Crippen LogP contribution in [-0.2, 0) is 11.3 Å². The third-order valence-electron chi connectivity index (χ3n) is 6.21. The van der Waals surface area contributed by atoms with Crippen molar-refractivity contribution in [2.45, 2.75) is 32.2 Å². The molecule has 34 heavy (non-hydrogen) atoms. The molecule has 1 saturated carbocycles. The van der Waals surface area contributed by atoms with Gasteiger partial charge >= 0.3 is 0 Å². The number of carbonyl (C=O) groups excluding carboxylic acids is 1. The highest BCUT2D eigenvalue weighted by molar-refractivity contribution is 5.75. The average molecular weight is 458 g/mol. The smallest absolute Gasteiger partial charge is 0.261 e. The normalized spacial score (nSPS) is 14.2. The van der Waals surface area contributed by atoms with E-state index in [-0.39, 0.29) is 18.4 Å². The first-order chi connectivity index (χ1) is 16.4. The average Bonchev–Trinajstić information content (AvgIpc) is 3.34. The third-order valence-corrected chi connectivity index (χ3v) is 6.21. The number of likely N-dealkylation sites (N-methyl/N-ethyl adjacent to an activating group) is 1. The summed E-state index contributed by atoms with van der Waals surface area (Å²) in [4.78, 5) is 22.4. The van der Waals surface area contributed by atoms with Crippen LogP contribution in [0.25, 0.3) is 22.6 Å². The molecule has 9 heteroatoms. The number of rotatable bonds is 7. The van der Waals surface area contributed by atoms with Crippen molar-refractivity contribution in [1.29, 1.82) is 0 Å².